The van der Waals surface area contributed by atoms with Gasteiger partial charge < -0.3 is 10.6 Å². The molecule has 0 saturated carbocycles. The molecule has 22 heavy (non-hydrogen) atoms. The van der Waals surface area contributed by atoms with Crippen LogP contribution < -0.4 is 10.6 Å². The lowest BCUT2D eigenvalue weighted by Crippen LogP contribution is -2.39. The van der Waals surface area contributed by atoms with E-state index in [1.165, 1.54) is 6.07 Å². The fourth-order valence-corrected chi connectivity index (χ4v) is 2.10. The number of nitrogens with one attached hydrogen (secondary N) is 2. The van der Waals surface area contributed by atoms with E-state index in [1.54, 1.807) is 25.4 Å². The molecule has 5 nitrogen and oxygen atoms in total. The lowest BCUT2D eigenvalue weighted by molar-refractivity contribution is 0.443. The third-order valence-corrected chi connectivity index (χ3v) is 3.30. The number of benzene rings is 1. The topological polar surface area (TPSA) is 54.2 Å². The van der Waals surface area contributed by atoms with Gasteiger partial charge in [0.1, 0.15) is 5.82 Å². The van der Waals surface area contributed by atoms with Gasteiger partial charge in [-0.25, -0.2) is 4.39 Å². The van der Waals surface area contributed by atoms with Crippen LogP contribution in [-0.2, 0) is 13.1 Å². The van der Waals surface area contributed by atoms with E-state index in [1.807, 2.05) is 23.0 Å². The number of aliphatic imine (C=N–C) groups is 1. The Kier molecular flexibility index (Phi) is 5.94. The minimum atomic E-state index is -0.211. The standard InChI is InChI=1S/C16H22FN5/c1-13(12-22-9-5-8-21-22)10-19-16(18-2)20-11-14-6-3-4-7-15(14)17/h3-9,13H,10-12H2,1-2H3,(H2,18,19,20). The van der Waals surface area contributed by atoms with Gasteiger partial charge in [-0.15, -0.1) is 0 Å². The Morgan fingerprint density at radius 1 is 1.32 bits per heavy atom. The van der Waals surface area contributed by atoms with Crippen LogP contribution in [0.3, 0.4) is 0 Å². The van der Waals surface area contributed by atoms with Crippen molar-refractivity contribution in [1.29, 1.82) is 0 Å². The summed E-state index contributed by atoms with van der Waals surface area (Å²) in [5.74, 6) is 0.847. The average molecular weight is 303 g/mol. The van der Waals surface area contributed by atoms with Crippen LogP contribution in [0.4, 0.5) is 4.39 Å². The molecular weight excluding hydrogens is 281 g/mol. The number of nitrogens with zero attached hydrogens (tertiary/aromatic N) is 3. The maximum atomic E-state index is 13.6. The molecule has 0 radical (unpaired) electrons. The van der Waals surface area contributed by atoms with Gasteiger partial charge in [0.05, 0.1) is 0 Å². The number of guanidine groups is 1. The first-order valence-electron chi connectivity index (χ1n) is 7.34. The third-order valence-electron chi connectivity index (χ3n) is 3.30. The van der Waals surface area contributed by atoms with E-state index in [9.17, 15) is 4.39 Å². The molecule has 118 valence electrons. The second-order valence-electron chi connectivity index (χ2n) is 5.23. The summed E-state index contributed by atoms with van der Waals surface area (Å²) in [6.45, 7) is 4.14. The van der Waals surface area contributed by atoms with Crippen LogP contribution >= 0.6 is 0 Å². The molecule has 0 fully saturated rings. The molecule has 0 amide bonds. The van der Waals surface area contributed by atoms with Crippen LogP contribution in [0, 0.1) is 11.7 Å². The summed E-state index contributed by atoms with van der Waals surface area (Å²) in [5.41, 5.74) is 0.620. The smallest absolute Gasteiger partial charge is 0.191 e. The second-order valence-corrected chi connectivity index (χ2v) is 5.23. The quantitative estimate of drug-likeness (QED) is 0.634. The Morgan fingerprint density at radius 2 is 2.14 bits per heavy atom. The molecule has 0 bridgehead atoms. The predicted octanol–water partition coefficient (Wildman–Crippen LogP) is 2.02. The van der Waals surface area contributed by atoms with E-state index in [2.05, 4.69) is 27.6 Å². The van der Waals surface area contributed by atoms with Gasteiger partial charge in [-0.3, -0.25) is 9.67 Å². The number of hydrogen-bond donors (Lipinski definition) is 2. The van der Waals surface area contributed by atoms with Crippen molar-refractivity contribution in [1.82, 2.24) is 20.4 Å². The summed E-state index contributed by atoms with van der Waals surface area (Å²) in [6, 6.07) is 8.63. The lowest BCUT2D eigenvalue weighted by Gasteiger charge is -2.16. The molecule has 2 rings (SSSR count). The predicted molar refractivity (Wildman–Crippen MR) is 86.0 cm³/mol. The van der Waals surface area contributed by atoms with Gasteiger partial charge in [0, 0.05) is 44.6 Å². The summed E-state index contributed by atoms with van der Waals surface area (Å²) >= 11 is 0. The van der Waals surface area contributed by atoms with Crippen LogP contribution in [0.25, 0.3) is 0 Å². The van der Waals surface area contributed by atoms with E-state index in [0.717, 1.165) is 13.1 Å². The normalized spacial score (nSPS) is 13.0. The summed E-state index contributed by atoms with van der Waals surface area (Å²) < 4.78 is 15.5. The molecule has 1 aromatic heterocycles. The number of halogens is 1. The summed E-state index contributed by atoms with van der Waals surface area (Å²) in [6.07, 6.45) is 3.72. The molecule has 6 heteroatoms. The first-order valence-corrected chi connectivity index (χ1v) is 7.34. The van der Waals surface area contributed by atoms with Crippen molar-refractivity contribution in [2.24, 2.45) is 10.9 Å². The highest BCUT2D eigenvalue weighted by Gasteiger charge is 2.06. The van der Waals surface area contributed by atoms with Crippen molar-refractivity contribution >= 4 is 5.96 Å². The highest BCUT2D eigenvalue weighted by atomic mass is 19.1. The Morgan fingerprint density at radius 3 is 2.82 bits per heavy atom. The molecule has 0 spiro atoms. The molecule has 0 saturated heterocycles. The van der Waals surface area contributed by atoms with Crippen LogP contribution in [0.2, 0.25) is 0 Å². The zero-order valence-electron chi connectivity index (χ0n) is 13.0. The molecule has 1 unspecified atom stereocenters. The van der Waals surface area contributed by atoms with Crippen molar-refractivity contribution < 1.29 is 4.39 Å². The average Bonchev–Trinajstić information content (AvgIpc) is 3.02. The molecule has 1 aromatic carbocycles. The monoisotopic (exact) mass is 303 g/mol. The molecule has 2 aromatic rings. The van der Waals surface area contributed by atoms with Crippen molar-refractivity contribution in [2.45, 2.75) is 20.0 Å². The highest BCUT2D eigenvalue weighted by molar-refractivity contribution is 5.79. The molecule has 0 aliphatic rings. The first kappa shape index (κ1) is 16.0. The third kappa shape index (κ3) is 4.87. The van der Waals surface area contributed by atoms with Gasteiger partial charge in [-0.1, -0.05) is 25.1 Å². The highest BCUT2D eigenvalue weighted by Crippen LogP contribution is 2.05. The van der Waals surface area contributed by atoms with Gasteiger partial charge in [-0.05, 0) is 18.1 Å². The lowest BCUT2D eigenvalue weighted by atomic mass is 10.2. The zero-order chi connectivity index (χ0) is 15.8. The van der Waals surface area contributed by atoms with Crippen molar-refractivity contribution in [3.05, 3.63) is 54.1 Å². The molecule has 0 aliphatic carbocycles. The minimum absolute atomic E-state index is 0.211. The van der Waals surface area contributed by atoms with E-state index >= 15 is 0 Å². The van der Waals surface area contributed by atoms with Crippen molar-refractivity contribution in [3.8, 4) is 0 Å². The van der Waals surface area contributed by atoms with Gasteiger partial charge in [-0.2, -0.15) is 5.10 Å². The van der Waals surface area contributed by atoms with Gasteiger partial charge >= 0.3 is 0 Å². The van der Waals surface area contributed by atoms with E-state index in [0.29, 0.717) is 24.0 Å². The number of rotatable bonds is 6. The van der Waals surface area contributed by atoms with E-state index in [4.69, 9.17) is 0 Å². The largest absolute Gasteiger partial charge is 0.356 e. The summed E-state index contributed by atoms with van der Waals surface area (Å²) in [4.78, 5) is 4.15. The van der Waals surface area contributed by atoms with Crippen LogP contribution in [0.15, 0.2) is 47.7 Å². The fourth-order valence-electron chi connectivity index (χ4n) is 2.10. The Bertz CT molecular complexity index is 594. The molecule has 1 heterocycles. The molecular formula is C16H22FN5. The van der Waals surface area contributed by atoms with Gasteiger partial charge in [0.15, 0.2) is 5.96 Å². The summed E-state index contributed by atoms with van der Waals surface area (Å²) in [5, 5.41) is 10.6. The molecule has 2 N–H and O–H groups in total. The van der Waals surface area contributed by atoms with Crippen LogP contribution in [-0.4, -0.2) is 29.3 Å². The Hall–Kier alpha value is -2.37. The molecule has 0 aliphatic heterocycles. The number of aromatic nitrogens is 2. The fraction of sp³-hybridized carbons (Fsp3) is 0.375. The number of hydrogen-bond acceptors (Lipinski definition) is 2. The Balaban J connectivity index is 1.76. The zero-order valence-corrected chi connectivity index (χ0v) is 13.0. The van der Waals surface area contributed by atoms with E-state index < -0.39 is 0 Å². The van der Waals surface area contributed by atoms with Gasteiger partial charge in [0.25, 0.3) is 0 Å². The Labute approximate surface area is 130 Å². The maximum absolute atomic E-state index is 13.6. The molecule has 1 atom stereocenters. The van der Waals surface area contributed by atoms with E-state index in [-0.39, 0.29) is 5.82 Å². The summed E-state index contributed by atoms with van der Waals surface area (Å²) in [7, 11) is 1.70. The van der Waals surface area contributed by atoms with Crippen molar-refractivity contribution in [2.75, 3.05) is 13.6 Å². The second kappa shape index (κ2) is 8.17. The minimum Gasteiger partial charge on any atom is -0.356 e. The van der Waals surface area contributed by atoms with Crippen molar-refractivity contribution in [3.63, 3.8) is 0 Å². The maximum Gasteiger partial charge on any atom is 0.191 e. The first-order chi connectivity index (χ1) is 10.7. The van der Waals surface area contributed by atoms with Gasteiger partial charge in [0.2, 0.25) is 0 Å². The SMILES string of the molecule is CN=C(NCc1ccccc1F)NCC(C)Cn1cccn1. The van der Waals surface area contributed by atoms with Crippen LogP contribution in [0.5, 0.6) is 0 Å². The van der Waals surface area contributed by atoms with Crippen LogP contribution in [0.1, 0.15) is 12.5 Å².